The van der Waals surface area contributed by atoms with Gasteiger partial charge in [-0.05, 0) is 43.2 Å². The molecule has 0 aliphatic heterocycles. The highest BCUT2D eigenvalue weighted by molar-refractivity contribution is 7.18. The van der Waals surface area contributed by atoms with E-state index in [-0.39, 0.29) is 17.7 Å². The summed E-state index contributed by atoms with van der Waals surface area (Å²) in [5, 5.41) is 13.2. The molecule has 1 fully saturated rings. The van der Waals surface area contributed by atoms with E-state index in [0.717, 1.165) is 30.6 Å². The van der Waals surface area contributed by atoms with Gasteiger partial charge in [0.1, 0.15) is 5.41 Å². The van der Waals surface area contributed by atoms with Crippen molar-refractivity contribution in [1.82, 2.24) is 5.32 Å². The molecule has 1 heterocycles. The molecule has 0 spiro atoms. The number of thiophene rings is 1. The Bertz CT molecular complexity index is 925. The number of nitriles is 1. The molecule has 26 heavy (non-hydrogen) atoms. The van der Waals surface area contributed by atoms with Crippen molar-refractivity contribution in [2.75, 3.05) is 5.73 Å². The van der Waals surface area contributed by atoms with Gasteiger partial charge >= 0.3 is 0 Å². The number of carbonyl (C=O) groups is 2. The van der Waals surface area contributed by atoms with E-state index in [0.29, 0.717) is 39.4 Å². The normalized spacial score (nSPS) is 22.2. The summed E-state index contributed by atoms with van der Waals surface area (Å²) in [4.78, 5) is 26.4. The Labute approximate surface area is 155 Å². The molecule has 1 saturated carbocycles. The molecule has 1 amide bonds. The van der Waals surface area contributed by atoms with Crippen molar-refractivity contribution in [2.24, 2.45) is 0 Å². The van der Waals surface area contributed by atoms with Crippen LogP contribution in [0.15, 0.2) is 30.3 Å². The van der Waals surface area contributed by atoms with Crippen LogP contribution in [0.3, 0.4) is 0 Å². The fraction of sp³-hybridized carbons (Fsp3) is 0.350. The van der Waals surface area contributed by atoms with E-state index >= 15 is 0 Å². The lowest BCUT2D eigenvalue weighted by atomic mass is 9.69. The summed E-state index contributed by atoms with van der Waals surface area (Å²) >= 11 is 1.13. The molecule has 1 aromatic heterocycles. The van der Waals surface area contributed by atoms with Crippen LogP contribution >= 0.6 is 11.3 Å². The number of nitrogens with zero attached hydrogens (tertiary/aromatic N) is 1. The molecule has 1 atom stereocenters. The minimum absolute atomic E-state index is 0.193. The van der Waals surface area contributed by atoms with E-state index < -0.39 is 5.41 Å². The average molecular weight is 365 g/mol. The quantitative estimate of drug-likeness (QED) is 0.873. The highest BCUT2D eigenvalue weighted by atomic mass is 32.1. The van der Waals surface area contributed by atoms with Gasteiger partial charge in [-0.2, -0.15) is 5.26 Å². The summed E-state index contributed by atoms with van der Waals surface area (Å²) in [6.07, 6.45) is 3.96. The van der Waals surface area contributed by atoms with Crippen LogP contribution < -0.4 is 11.1 Å². The summed E-state index contributed by atoms with van der Waals surface area (Å²) < 4.78 is 0. The molecule has 1 unspecified atom stereocenters. The fourth-order valence-electron chi connectivity index (χ4n) is 3.76. The lowest BCUT2D eigenvalue weighted by molar-refractivity contribution is 0.0907. The zero-order valence-corrected chi connectivity index (χ0v) is 15.1. The lowest BCUT2D eigenvalue weighted by Gasteiger charge is -2.30. The Kier molecular flexibility index (Phi) is 4.04. The first-order valence-corrected chi connectivity index (χ1v) is 9.62. The van der Waals surface area contributed by atoms with E-state index in [1.165, 1.54) is 0 Å². The second-order valence-corrected chi connectivity index (χ2v) is 8.01. The number of fused-ring (bicyclic) bond motifs is 1. The minimum Gasteiger partial charge on any atom is -0.390 e. The predicted octanol–water partition coefficient (Wildman–Crippen LogP) is 3.20. The molecule has 132 valence electrons. The second-order valence-electron chi connectivity index (χ2n) is 6.96. The van der Waals surface area contributed by atoms with Gasteiger partial charge in [-0.15, -0.1) is 11.3 Å². The number of anilines is 1. The molecule has 5 nitrogen and oxygen atoms in total. The van der Waals surface area contributed by atoms with Crippen LogP contribution in [0.2, 0.25) is 0 Å². The van der Waals surface area contributed by atoms with Crippen LogP contribution in [0.1, 0.15) is 56.8 Å². The molecule has 2 aromatic rings. The van der Waals surface area contributed by atoms with Crippen molar-refractivity contribution >= 4 is 28.0 Å². The monoisotopic (exact) mass is 365 g/mol. The van der Waals surface area contributed by atoms with Crippen LogP contribution in [0.4, 0.5) is 5.00 Å². The van der Waals surface area contributed by atoms with Gasteiger partial charge in [0, 0.05) is 6.04 Å². The van der Waals surface area contributed by atoms with Crippen LogP contribution in [0, 0.1) is 11.3 Å². The standard InChI is InChI=1S/C20H19N3O2S/c21-11-20(12-5-2-1-3-6-12)10-9-14-15(18(22)26-16(14)17(20)24)19(25)23-13-7-4-8-13/h1-3,5-6,13H,4,7-10,22H2,(H,23,25). The van der Waals surface area contributed by atoms with Crippen molar-refractivity contribution in [3.8, 4) is 6.07 Å². The molecular weight excluding hydrogens is 346 g/mol. The molecule has 3 N–H and O–H groups in total. The summed E-state index contributed by atoms with van der Waals surface area (Å²) in [6, 6.07) is 11.6. The van der Waals surface area contributed by atoms with Gasteiger partial charge < -0.3 is 11.1 Å². The van der Waals surface area contributed by atoms with Gasteiger partial charge in [-0.25, -0.2) is 0 Å². The van der Waals surface area contributed by atoms with E-state index in [2.05, 4.69) is 11.4 Å². The largest absolute Gasteiger partial charge is 0.390 e. The Balaban J connectivity index is 1.73. The number of Topliss-reactive ketones (excluding diaryl/α,β-unsaturated/α-hetero) is 1. The maximum atomic E-state index is 13.2. The number of hydrogen-bond acceptors (Lipinski definition) is 5. The zero-order chi connectivity index (χ0) is 18.3. The summed E-state index contributed by atoms with van der Waals surface area (Å²) in [5.41, 5.74) is 6.75. The summed E-state index contributed by atoms with van der Waals surface area (Å²) in [7, 11) is 0. The van der Waals surface area contributed by atoms with Crippen molar-refractivity contribution in [1.29, 1.82) is 5.26 Å². The highest BCUT2D eigenvalue weighted by Gasteiger charge is 2.47. The third-order valence-electron chi connectivity index (χ3n) is 5.50. The van der Waals surface area contributed by atoms with Gasteiger partial charge in [-0.1, -0.05) is 30.3 Å². The van der Waals surface area contributed by atoms with Gasteiger partial charge in [0.15, 0.2) is 5.78 Å². The van der Waals surface area contributed by atoms with E-state index in [9.17, 15) is 14.9 Å². The number of nitrogen functional groups attached to an aromatic ring is 1. The van der Waals surface area contributed by atoms with Crippen LogP contribution in [0.5, 0.6) is 0 Å². The van der Waals surface area contributed by atoms with Crippen LogP contribution in [-0.4, -0.2) is 17.7 Å². The topological polar surface area (TPSA) is 96.0 Å². The molecule has 0 radical (unpaired) electrons. The van der Waals surface area contributed by atoms with Crippen LogP contribution in [0.25, 0.3) is 0 Å². The summed E-state index contributed by atoms with van der Waals surface area (Å²) in [6.45, 7) is 0. The Hall–Kier alpha value is -2.65. The van der Waals surface area contributed by atoms with Gasteiger partial charge in [0.2, 0.25) is 0 Å². The van der Waals surface area contributed by atoms with Crippen molar-refractivity contribution in [3.63, 3.8) is 0 Å². The smallest absolute Gasteiger partial charge is 0.254 e. The average Bonchev–Trinajstić information content (AvgIpc) is 2.96. The number of carbonyl (C=O) groups excluding carboxylic acids is 2. The van der Waals surface area contributed by atoms with Crippen LogP contribution in [-0.2, 0) is 11.8 Å². The molecule has 0 saturated heterocycles. The number of nitrogens with one attached hydrogen (secondary N) is 1. The SMILES string of the molecule is N#CC1(c2ccccc2)CCc2c(sc(N)c2C(=O)NC2CCC2)C1=O. The van der Waals surface area contributed by atoms with E-state index in [1.54, 1.807) is 0 Å². The van der Waals surface area contributed by atoms with E-state index in [1.807, 2.05) is 30.3 Å². The number of benzene rings is 1. The maximum Gasteiger partial charge on any atom is 0.254 e. The van der Waals surface area contributed by atoms with Crippen molar-refractivity contribution < 1.29 is 9.59 Å². The first-order valence-electron chi connectivity index (χ1n) is 8.80. The minimum atomic E-state index is -1.20. The lowest BCUT2D eigenvalue weighted by Crippen LogP contribution is -2.41. The molecule has 4 rings (SSSR count). The van der Waals surface area contributed by atoms with E-state index in [4.69, 9.17) is 5.73 Å². The fourth-order valence-corrected chi connectivity index (χ4v) is 4.89. The molecular formula is C20H19N3O2S. The van der Waals surface area contributed by atoms with Crippen molar-refractivity contribution in [2.45, 2.75) is 43.6 Å². The Morgan fingerprint density at radius 2 is 2.04 bits per heavy atom. The molecule has 0 bridgehead atoms. The number of ketones is 1. The second kappa shape index (κ2) is 6.26. The first-order chi connectivity index (χ1) is 12.6. The van der Waals surface area contributed by atoms with Gasteiger partial charge in [0.05, 0.1) is 21.5 Å². The molecule has 2 aliphatic rings. The Morgan fingerprint density at radius 1 is 1.31 bits per heavy atom. The predicted molar refractivity (Wildman–Crippen MR) is 100 cm³/mol. The zero-order valence-electron chi connectivity index (χ0n) is 14.2. The maximum absolute atomic E-state index is 13.2. The first kappa shape index (κ1) is 16.8. The third kappa shape index (κ3) is 2.43. The number of nitrogens with two attached hydrogens (primary N) is 1. The number of rotatable bonds is 3. The van der Waals surface area contributed by atoms with Gasteiger partial charge in [-0.3, -0.25) is 9.59 Å². The molecule has 6 heteroatoms. The number of amides is 1. The summed E-state index contributed by atoms with van der Waals surface area (Å²) in [5.74, 6) is -0.437. The van der Waals surface area contributed by atoms with Gasteiger partial charge in [0.25, 0.3) is 5.91 Å². The van der Waals surface area contributed by atoms with Crippen molar-refractivity contribution in [3.05, 3.63) is 51.9 Å². The molecule has 2 aliphatic carbocycles. The molecule has 1 aromatic carbocycles. The third-order valence-corrected chi connectivity index (χ3v) is 6.56. The highest BCUT2D eigenvalue weighted by Crippen LogP contribution is 2.44. The Morgan fingerprint density at radius 3 is 2.65 bits per heavy atom. The number of hydrogen-bond donors (Lipinski definition) is 2.